The van der Waals surface area contributed by atoms with Gasteiger partial charge >= 0.3 is 0 Å². The summed E-state index contributed by atoms with van der Waals surface area (Å²) < 4.78 is 4.68. The molecule has 17 heavy (non-hydrogen) atoms. The number of aromatic nitrogens is 2. The van der Waals surface area contributed by atoms with E-state index < -0.39 is 0 Å². The fraction of sp³-hybridized carbons (Fsp3) is 0.385. The van der Waals surface area contributed by atoms with Crippen LogP contribution in [0.2, 0.25) is 0 Å². The van der Waals surface area contributed by atoms with Gasteiger partial charge in [-0.3, -0.25) is 0 Å². The maximum atomic E-state index is 4.68. The van der Waals surface area contributed by atoms with Crippen molar-refractivity contribution in [3.05, 3.63) is 47.6 Å². The maximum Gasteiger partial charge on any atom is 0.213 e. The van der Waals surface area contributed by atoms with E-state index in [4.69, 9.17) is 0 Å². The highest BCUT2D eigenvalue weighted by Gasteiger charge is 2.06. The van der Waals surface area contributed by atoms with Crippen LogP contribution in [-0.4, -0.2) is 10.1 Å². The van der Waals surface area contributed by atoms with E-state index in [2.05, 4.69) is 58.1 Å². The second-order valence-corrected chi connectivity index (χ2v) is 4.05. The largest absolute Gasteiger partial charge is 0.343 e. The van der Waals surface area contributed by atoms with Crippen LogP contribution in [0.5, 0.6) is 0 Å². The third-order valence-electron chi connectivity index (χ3n) is 2.86. The average Bonchev–Trinajstić information content (AvgIpc) is 2.89. The lowest BCUT2D eigenvalue weighted by molar-refractivity contribution is 0.405. The molecular formula is C13H17N3O. The topological polar surface area (TPSA) is 51.0 Å². The Morgan fingerprint density at radius 1 is 1.29 bits per heavy atom. The van der Waals surface area contributed by atoms with Gasteiger partial charge in [0.2, 0.25) is 6.39 Å². The first kappa shape index (κ1) is 11.8. The van der Waals surface area contributed by atoms with Gasteiger partial charge in [0.05, 0.1) is 6.54 Å². The SMILES string of the molecule is CCc1ccc(C(C)NCc2ncon2)cc1. The Morgan fingerprint density at radius 2 is 2.06 bits per heavy atom. The van der Waals surface area contributed by atoms with Crippen LogP contribution in [0.3, 0.4) is 0 Å². The van der Waals surface area contributed by atoms with Gasteiger partial charge in [-0.05, 0) is 24.5 Å². The van der Waals surface area contributed by atoms with E-state index >= 15 is 0 Å². The lowest BCUT2D eigenvalue weighted by atomic mass is 10.1. The number of aryl methyl sites for hydroxylation is 1. The number of benzene rings is 1. The van der Waals surface area contributed by atoms with Gasteiger partial charge in [0.15, 0.2) is 5.82 Å². The summed E-state index contributed by atoms with van der Waals surface area (Å²) in [5, 5.41) is 7.11. The van der Waals surface area contributed by atoms with Crippen LogP contribution in [-0.2, 0) is 13.0 Å². The Hall–Kier alpha value is -1.68. The van der Waals surface area contributed by atoms with E-state index in [1.165, 1.54) is 17.5 Å². The fourth-order valence-electron chi connectivity index (χ4n) is 1.67. The molecule has 0 aliphatic rings. The zero-order chi connectivity index (χ0) is 12.1. The quantitative estimate of drug-likeness (QED) is 0.859. The van der Waals surface area contributed by atoms with Crippen molar-refractivity contribution in [1.29, 1.82) is 0 Å². The molecule has 90 valence electrons. The molecule has 0 fully saturated rings. The first-order valence-corrected chi connectivity index (χ1v) is 5.87. The van der Waals surface area contributed by atoms with Gasteiger partial charge < -0.3 is 9.84 Å². The van der Waals surface area contributed by atoms with E-state index in [1.807, 2.05) is 0 Å². The molecule has 2 rings (SSSR count). The van der Waals surface area contributed by atoms with Gasteiger partial charge in [-0.2, -0.15) is 4.98 Å². The van der Waals surface area contributed by atoms with Crippen LogP contribution in [0.1, 0.15) is 36.8 Å². The second kappa shape index (κ2) is 5.59. The van der Waals surface area contributed by atoms with Crippen molar-refractivity contribution >= 4 is 0 Å². The Labute approximate surface area is 101 Å². The van der Waals surface area contributed by atoms with Crippen molar-refractivity contribution in [3.8, 4) is 0 Å². The molecule has 0 aliphatic carbocycles. The molecule has 4 nitrogen and oxygen atoms in total. The molecule has 1 N–H and O–H groups in total. The molecule has 0 bridgehead atoms. The zero-order valence-electron chi connectivity index (χ0n) is 10.2. The fourth-order valence-corrected chi connectivity index (χ4v) is 1.67. The van der Waals surface area contributed by atoms with Crippen LogP contribution in [0, 0.1) is 0 Å². The summed E-state index contributed by atoms with van der Waals surface area (Å²) in [6.07, 6.45) is 2.42. The zero-order valence-corrected chi connectivity index (χ0v) is 10.2. The van der Waals surface area contributed by atoms with Gasteiger partial charge in [-0.15, -0.1) is 0 Å². The molecule has 1 aromatic heterocycles. The minimum absolute atomic E-state index is 0.277. The van der Waals surface area contributed by atoms with Gasteiger partial charge in [0.25, 0.3) is 0 Å². The molecule has 1 unspecified atom stereocenters. The predicted octanol–water partition coefficient (Wildman–Crippen LogP) is 2.48. The van der Waals surface area contributed by atoms with Crippen molar-refractivity contribution in [3.63, 3.8) is 0 Å². The normalized spacial score (nSPS) is 12.6. The van der Waals surface area contributed by atoms with Crippen molar-refractivity contribution in [2.75, 3.05) is 0 Å². The third-order valence-corrected chi connectivity index (χ3v) is 2.86. The van der Waals surface area contributed by atoms with Crippen LogP contribution < -0.4 is 5.32 Å². The summed E-state index contributed by atoms with van der Waals surface area (Å²) in [4.78, 5) is 3.97. The molecule has 0 amide bonds. The highest BCUT2D eigenvalue weighted by Crippen LogP contribution is 2.13. The molecule has 1 aromatic carbocycles. The summed E-state index contributed by atoms with van der Waals surface area (Å²) in [6, 6.07) is 8.93. The number of hydrogen-bond acceptors (Lipinski definition) is 4. The van der Waals surface area contributed by atoms with Gasteiger partial charge in [0, 0.05) is 6.04 Å². The molecule has 1 atom stereocenters. The molecular weight excluding hydrogens is 214 g/mol. The first-order chi connectivity index (χ1) is 8.29. The van der Waals surface area contributed by atoms with Gasteiger partial charge in [-0.1, -0.05) is 36.3 Å². The van der Waals surface area contributed by atoms with E-state index in [-0.39, 0.29) is 6.04 Å². The van der Waals surface area contributed by atoms with E-state index in [1.54, 1.807) is 0 Å². The Kier molecular flexibility index (Phi) is 3.88. The van der Waals surface area contributed by atoms with Crippen LogP contribution in [0.15, 0.2) is 35.2 Å². The summed E-state index contributed by atoms with van der Waals surface area (Å²) in [7, 11) is 0. The molecule has 4 heteroatoms. The van der Waals surface area contributed by atoms with Crippen LogP contribution in [0.25, 0.3) is 0 Å². The number of rotatable bonds is 5. The Balaban J connectivity index is 1.92. The lowest BCUT2D eigenvalue weighted by Gasteiger charge is -2.13. The van der Waals surface area contributed by atoms with E-state index in [9.17, 15) is 0 Å². The van der Waals surface area contributed by atoms with Crippen molar-refractivity contribution in [1.82, 2.24) is 15.5 Å². The number of nitrogens with one attached hydrogen (secondary N) is 1. The summed E-state index contributed by atoms with van der Waals surface area (Å²) in [5.41, 5.74) is 2.63. The minimum Gasteiger partial charge on any atom is -0.343 e. The molecule has 0 saturated heterocycles. The summed E-state index contributed by atoms with van der Waals surface area (Å²) >= 11 is 0. The second-order valence-electron chi connectivity index (χ2n) is 4.05. The Bertz CT molecular complexity index is 436. The molecule has 0 aliphatic heterocycles. The smallest absolute Gasteiger partial charge is 0.213 e. The standard InChI is InChI=1S/C13H17N3O/c1-3-11-4-6-12(7-5-11)10(2)14-8-13-15-9-17-16-13/h4-7,9-10,14H,3,8H2,1-2H3. The van der Waals surface area contributed by atoms with E-state index in [0.29, 0.717) is 12.4 Å². The van der Waals surface area contributed by atoms with Crippen LogP contribution >= 0.6 is 0 Å². The average molecular weight is 231 g/mol. The van der Waals surface area contributed by atoms with E-state index in [0.717, 1.165) is 6.42 Å². The lowest BCUT2D eigenvalue weighted by Crippen LogP contribution is -2.18. The molecule has 0 spiro atoms. The van der Waals surface area contributed by atoms with Crippen molar-refractivity contribution in [2.45, 2.75) is 32.9 Å². The maximum absolute atomic E-state index is 4.68. The molecule has 1 heterocycles. The monoisotopic (exact) mass is 231 g/mol. The summed E-state index contributed by atoms with van der Waals surface area (Å²) in [5.74, 6) is 0.682. The predicted molar refractivity (Wildman–Crippen MR) is 65.4 cm³/mol. The number of hydrogen-bond donors (Lipinski definition) is 1. The molecule has 0 radical (unpaired) electrons. The third kappa shape index (κ3) is 3.14. The van der Waals surface area contributed by atoms with Crippen molar-refractivity contribution in [2.24, 2.45) is 0 Å². The number of nitrogens with zero attached hydrogens (tertiary/aromatic N) is 2. The summed E-state index contributed by atoms with van der Waals surface area (Å²) in [6.45, 7) is 4.90. The van der Waals surface area contributed by atoms with Gasteiger partial charge in [-0.25, -0.2) is 0 Å². The molecule has 0 saturated carbocycles. The minimum atomic E-state index is 0.277. The Morgan fingerprint density at radius 3 is 2.65 bits per heavy atom. The van der Waals surface area contributed by atoms with Gasteiger partial charge in [0.1, 0.15) is 0 Å². The van der Waals surface area contributed by atoms with Crippen molar-refractivity contribution < 1.29 is 4.52 Å². The highest BCUT2D eigenvalue weighted by molar-refractivity contribution is 5.24. The van der Waals surface area contributed by atoms with Crippen LogP contribution in [0.4, 0.5) is 0 Å². The highest BCUT2D eigenvalue weighted by atomic mass is 16.5. The first-order valence-electron chi connectivity index (χ1n) is 5.87. The molecule has 2 aromatic rings.